The molecule has 0 bridgehead atoms. The molecule has 0 aliphatic rings. The molecule has 0 spiro atoms. The molecule has 0 aromatic carbocycles. The van der Waals surface area contributed by atoms with Crippen molar-refractivity contribution in [3.05, 3.63) is 6.92 Å². The zero-order valence-electron chi connectivity index (χ0n) is 10.1. The summed E-state index contributed by atoms with van der Waals surface area (Å²) < 4.78 is 8.91. The van der Waals surface area contributed by atoms with E-state index in [1.807, 2.05) is 0 Å². The third-order valence-electron chi connectivity index (χ3n) is 1.24. The Bertz CT molecular complexity index is 178. The van der Waals surface area contributed by atoms with E-state index in [1.165, 1.54) is 19.4 Å². The van der Waals surface area contributed by atoms with Gasteiger partial charge in [-0.3, -0.25) is 0 Å². The summed E-state index contributed by atoms with van der Waals surface area (Å²) in [6.45, 7) is 11.9. The molecule has 0 unspecified atom stereocenters. The molecule has 0 aliphatic heterocycles. The second-order valence-corrected chi connectivity index (χ2v) is 6.50. The van der Waals surface area contributed by atoms with Crippen molar-refractivity contribution in [2.45, 2.75) is 27.2 Å². The Balaban J connectivity index is 0. The molecule has 0 radical (unpaired) electrons. The SMILES string of the molecule is CC(C)(C)C[C-]=[V].[CH2-][C](=[W])NCCOC. The molecule has 0 saturated heterocycles. The van der Waals surface area contributed by atoms with Gasteiger partial charge in [0, 0.05) is 0 Å². The third kappa shape index (κ3) is 25.3. The fourth-order valence-corrected chi connectivity index (χ4v) is 1.64. The fraction of sp³-hybridized carbons (Fsp3) is 0.727. The number of hydrogen-bond acceptors (Lipinski definition) is 2. The Morgan fingerprint density at radius 3 is 2.27 bits per heavy atom. The molecule has 0 saturated carbocycles. The summed E-state index contributed by atoms with van der Waals surface area (Å²) in [5.74, 6) is 0. The predicted octanol–water partition coefficient (Wildman–Crippen LogP) is 1.38. The van der Waals surface area contributed by atoms with E-state index in [4.69, 9.17) is 4.74 Å². The molecule has 0 aromatic rings. The van der Waals surface area contributed by atoms with Gasteiger partial charge in [-0.05, 0) is 0 Å². The van der Waals surface area contributed by atoms with Crippen LogP contribution in [0.3, 0.4) is 0 Å². The van der Waals surface area contributed by atoms with Gasteiger partial charge >= 0.3 is 115 Å². The zero-order valence-corrected chi connectivity index (χ0v) is 14.4. The van der Waals surface area contributed by atoms with E-state index in [0.29, 0.717) is 5.41 Å². The zero-order chi connectivity index (χ0) is 12.3. The molecule has 0 aromatic heterocycles. The maximum atomic E-state index is 4.80. The van der Waals surface area contributed by atoms with Gasteiger partial charge in [-0.15, -0.1) is 0 Å². The van der Waals surface area contributed by atoms with E-state index in [9.17, 15) is 0 Å². The molecular weight excluding hydrogens is 397 g/mol. The van der Waals surface area contributed by atoms with Crippen LogP contribution in [-0.4, -0.2) is 29.0 Å². The van der Waals surface area contributed by atoms with Crippen LogP contribution in [-0.2, 0) is 41.1 Å². The van der Waals surface area contributed by atoms with E-state index in [2.05, 4.69) is 54.7 Å². The summed E-state index contributed by atoms with van der Waals surface area (Å²) in [5.41, 5.74) is 0.424. The van der Waals surface area contributed by atoms with Crippen molar-refractivity contribution in [2.75, 3.05) is 20.3 Å². The molecule has 89 valence electrons. The van der Waals surface area contributed by atoms with Crippen molar-refractivity contribution in [3.63, 3.8) is 0 Å². The van der Waals surface area contributed by atoms with Crippen LogP contribution < -0.4 is 5.32 Å². The van der Waals surface area contributed by atoms with Gasteiger partial charge in [0.05, 0.1) is 0 Å². The van der Waals surface area contributed by atoms with Gasteiger partial charge in [0.1, 0.15) is 0 Å². The molecule has 0 fully saturated rings. The van der Waals surface area contributed by atoms with E-state index in [-0.39, 0.29) is 0 Å². The van der Waals surface area contributed by atoms with Gasteiger partial charge in [0.2, 0.25) is 0 Å². The van der Waals surface area contributed by atoms with Crippen molar-refractivity contribution >= 4 is 8.75 Å². The average Bonchev–Trinajstić information content (AvgIpc) is 2.02. The Labute approximate surface area is 114 Å². The molecule has 0 aliphatic carbocycles. The second-order valence-electron chi connectivity index (χ2n) is 4.24. The van der Waals surface area contributed by atoms with Gasteiger partial charge in [-0.25, -0.2) is 0 Å². The molecule has 15 heavy (non-hydrogen) atoms. The monoisotopic (exact) mass is 418 g/mol. The number of rotatable bonds is 5. The van der Waals surface area contributed by atoms with E-state index >= 15 is 0 Å². The Morgan fingerprint density at radius 2 is 2.07 bits per heavy atom. The first-order valence-corrected chi connectivity index (χ1v) is 6.95. The number of methoxy groups -OCH3 is 1. The molecule has 0 rings (SSSR count). The normalized spacial score (nSPS) is 10.1. The van der Waals surface area contributed by atoms with E-state index < -0.39 is 0 Å². The Morgan fingerprint density at radius 1 is 1.53 bits per heavy atom. The van der Waals surface area contributed by atoms with Crippen molar-refractivity contribution in [3.8, 4) is 0 Å². The first kappa shape index (κ1) is 18.3. The first-order chi connectivity index (χ1) is 6.83. The van der Waals surface area contributed by atoms with Gasteiger partial charge in [0.25, 0.3) is 0 Å². The summed E-state index contributed by atoms with van der Waals surface area (Å²) in [6.07, 6.45) is 1.06. The summed E-state index contributed by atoms with van der Waals surface area (Å²) in [6, 6.07) is 0. The Hall–Kier alpha value is 0.933. The predicted molar refractivity (Wildman–Crippen MR) is 59.3 cm³/mol. The molecular formula is C11H21NOVW-2. The summed E-state index contributed by atoms with van der Waals surface area (Å²) >= 11 is 3.75. The van der Waals surface area contributed by atoms with Crippen molar-refractivity contribution in [2.24, 2.45) is 5.41 Å². The van der Waals surface area contributed by atoms with Crippen LogP contribution >= 0.6 is 0 Å². The maximum absolute atomic E-state index is 4.80. The van der Waals surface area contributed by atoms with Crippen molar-refractivity contribution < 1.29 is 41.1 Å². The van der Waals surface area contributed by atoms with Gasteiger partial charge in [-0.1, -0.05) is 0 Å². The van der Waals surface area contributed by atoms with Crippen LogP contribution in [0.5, 0.6) is 0 Å². The number of ether oxygens (including phenoxy) is 1. The third-order valence-corrected chi connectivity index (χ3v) is 2.00. The first-order valence-electron chi connectivity index (χ1n) is 4.79. The van der Waals surface area contributed by atoms with E-state index in [0.717, 1.165) is 23.6 Å². The Kier molecular flexibility index (Phi) is 13.9. The summed E-state index contributed by atoms with van der Waals surface area (Å²) in [7, 11) is 1.69. The standard InChI is InChI=1S/C6H11.C5H10NO.V.W/c1-5-6(2,3)4;1-3-6-4-5-7-2;;/h5H2,2-4H3;6H,1,4-5H2,2H3;;/q2*-1;;. The fourth-order valence-electron chi connectivity index (χ4n) is 0.530. The van der Waals surface area contributed by atoms with Crippen LogP contribution in [0.4, 0.5) is 0 Å². The van der Waals surface area contributed by atoms with Crippen LogP contribution in [0.1, 0.15) is 27.2 Å². The van der Waals surface area contributed by atoms with Crippen LogP contribution in [0.2, 0.25) is 0 Å². The minimum atomic E-state index is 0.424. The number of nitrogens with one attached hydrogen (secondary N) is 1. The topological polar surface area (TPSA) is 21.3 Å². The molecule has 2 nitrogen and oxygen atoms in total. The van der Waals surface area contributed by atoms with Crippen LogP contribution in [0.25, 0.3) is 0 Å². The average molecular weight is 418 g/mol. The van der Waals surface area contributed by atoms with Gasteiger partial charge in [0.15, 0.2) is 0 Å². The van der Waals surface area contributed by atoms with Crippen LogP contribution in [0.15, 0.2) is 0 Å². The summed E-state index contributed by atoms with van der Waals surface area (Å²) in [5, 5.41) is 3.06. The molecule has 4 heteroatoms. The van der Waals surface area contributed by atoms with Gasteiger partial charge in [-0.2, -0.15) is 0 Å². The van der Waals surface area contributed by atoms with Crippen molar-refractivity contribution in [1.82, 2.24) is 5.32 Å². The minimum absolute atomic E-state index is 0.424. The molecule has 0 atom stereocenters. The molecule has 1 N–H and O–H groups in total. The second kappa shape index (κ2) is 11.4. The molecule has 0 amide bonds. The number of hydrogen-bond donors (Lipinski definition) is 1. The quantitative estimate of drug-likeness (QED) is 0.539. The van der Waals surface area contributed by atoms with Crippen LogP contribution in [0, 0.1) is 12.3 Å². The van der Waals surface area contributed by atoms with E-state index in [1.54, 1.807) is 7.11 Å². The van der Waals surface area contributed by atoms with Gasteiger partial charge < -0.3 is 0 Å². The molecule has 0 heterocycles. The van der Waals surface area contributed by atoms with Crippen molar-refractivity contribution in [1.29, 1.82) is 0 Å². The summed E-state index contributed by atoms with van der Waals surface area (Å²) in [4.78, 5) is 0.